The molecule has 7 heteroatoms. The highest BCUT2D eigenvalue weighted by Crippen LogP contribution is 2.19. The van der Waals surface area contributed by atoms with Gasteiger partial charge < -0.3 is 16.0 Å². The van der Waals surface area contributed by atoms with Crippen LogP contribution in [0.3, 0.4) is 0 Å². The minimum Gasteiger partial charge on any atom is -0.376 e. The first kappa shape index (κ1) is 16.9. The van der Waals surface area contributed by atoms with Crippen molar-refractivity contribution in [1.82, 2.24) is 10.3 Å². The summed E-state index contributed by atoms with van der Waals surface area (Å²) in [6.45, 7) is 1.26. The van der Waals surface area contributed by atoms with Gasteiger partial charge in [-0.05, 0) is 18.9 Å². The first-order valence-corrected chi connectivity index (χ1v) is 7.85. The van der Waals surface area contributed by atoms with Crippen molar-refractivity contribution in [3.05, 3.63) is 18.5 Å². The van der Waals surface area contributed by atoms with Crippen molar-refractivity contribution in [2.45, 2.75) is 45.1 Å². The van der Waals surface area contributed by atoms with E-state index in [4.69, 9.17) is 0 Å². The van der Waals surface area contributed by atoms with Gasteiger partial charge in [-0.3, -0.25) is 19.4 Å². The number of ketones is 1. The van der Waals surface area contributed by atoms with E-state index < -0.39 is 11.7 Å². The molecule has 1 fully saturated rings. The van der Waals surface area contributed by atoms with Gasteiger partial charge in [0.25, 0.3) is 5.91 Å². The average Bonchev–Trinajstić information content (AvgIpc) is 2.54. The number of anilines is 2. The number of pyridine rings is 1. The number of carbonyl (C=O) groups excluding carboxylic acids is 3. The molecular weight excluding hydrogens is 296 g/mol. The average molecular weight is 318 g/mol. The van der Waals surface area contributed by atoms with E-state index in [0.717, 1.165) is 25.7 Å². The first-order chi connectivity index (χ1) is 11.1. The maximum Gasteiger partial charge on any atom is 0.289 e. The number of amides is 2. The number of hydrogen-bond acceptors (Lipinski definition) is 5. The van der Waals surface area contributed by atoms with Gasteiger partial charge >= 0.3 is 0 Å². The largest absolute Gasteiger partial charge is 0.376 e. The number of hydrogen-bond donors (Lipinski definition) is 3. The van der Waals surface area contributed by atoms with E-state index in [9.17, 15) is 14.4 Å². The second-order valence-corrected chi connectivity index (χ2v) is 5.69. The zero-order valence-corrected chi connectivity index (χ0v) is 13.2. The van der Waals surface area contributed by atoms with Crippen molar-refractivity contribution in [2.75, 3.05) is 17.2 Å². The summed E-state index contributed by atoms with van der Waals surface area (Å²) >= 11 is 0. The van der Waals surface area contributed by atoms with Gasteiger partial charge in [0.1, 0.15) is 0 Å². The second-order valence-electron chi connectivity index (χ2n) is 5.69. The second kappa shape index (κ2) is 8.26. The molecule has 1 aromatic rings. The van der Waals surface area contributed by atoms with Gasteiger partial charge in [0, 0.05) is 19.2 Å². The highest BCUT2D eigenvalue weighted by molar-refractivity contribution is 6.37. The summed E-state index contributed by atoms with van der Waals surface area (Å²) < 4.78 is 0. The van der Waals surface area contributed by atoms with Crippen LogP contribution >= 0.6 is 0 Å². The Hall–Kier alpha value is -2.44. The molecule has 1 aromatic heterocycles. The fourth-order valence-electron chi connectivity index (χ4n) is 2.61. The molecule has 0 atom stereocenters. The number of nitrogens with one attached hydrogen (secondary N) is 3. The molecule has 23 heavy (non-hydrogen) atoms. The van der Waals surface area contributed by atoms with E-state index >= 15 is 0 Å². The van der Waals surface area contributed by atoms with Crippen LogP contribution in [0.15, 0.2) is 18.5 Å². The standard InChI is InChI=1S/C16H22N4O3/c1-11(21)19-14-9-17-8-7-13(14)18-10-15(22)16(23)20-12-5-3-2-4-6-12/h7-9,12H,2-6,10H2,1H3,(H,17,18)(H,19,21)(H,20,23). The van der Waals surface area contributed by atoms with E-state index in [1.54, 1.807) is 12.3 Å². The van der Waals surface area contributed by atoms with Crippen LogP contribution in [0.1, 0.15) is 39.0 Å². The topological polar surface area (TPSA) is 100 Å². The molecule has 124 valence electrons. The molecule has 1 saturated carbocycles. The van der Waals surface area contributed by atoms with Crippen molar-refractivity contribution in [2.24, 2.45) is 0 Å². The molecule has 0 radical (unpaired) electrons. The van der Waals surface area contributed by atoms with E-state index in [0.29, 0.717) is 11.4 Å². The number of carbonyl (C=O) groups is 3. The molecule has 0 saturated heterocycles. The lowest BCUT2D eigenvalue weighted by molar-refractivity contribution is -0.137. The normalized spacial score (nSPS) is 14.8. The lowest BCUT2D eigenvalue weighted by Gasteiger charge is -2.22. The number of Topliss-reactive ketones (excluding diaryl/α,β-unsaturated/α-hetero) is 1. The van der Waals surface area contributed by atoms with Crippen LogP contribution in [-0.2, 0) is 14.4 Å². The summed E-state index contributed by atoms with van der Waals surface area (Å²) in [5.41, 5.74) is 1.02. The van der Waals surface area contributed by atoms with Crippen LogP contribution in [0.25, 0.3) is 0 Å². The fraction of sp³-hybridized carbons (Fsp3) is 0.500. The Bertz CT molecular complexity index is 582. The molecule has 0 bridgehead atoms. The number of rotatable bonds is 6. The van der Waals surface area contributed by atoms with Gasteiger partial charge in [0.05, 0.1) is 24.1 Å². The highest BCUT2D eigenvalue weighted by Gasteiger charge is 2.20. The summed E-state index contributed by atoms with van der Waals surface area (Å²) in [5, 5.41) is 8.28. The van der Waals surface area contributed by atoms with Crippen molar-refractivity contribution in [3.8, 4) is 0 Å². The van der Waals surface area contributed by atoms with Crippen molar-refractivity contribution >= 4 is 29.0 Å². The lowest BCUT2D eigenvalue weighted by Crippen LogP contribution is -2.42. The molecule has 0 aromatic carbocycles. The molecule has 7 nitrogen and oxygen atoms in total. The Kier molecular flexibility index (Phi) is 6.08. The van der Waals surface area contributed by atoms with Crippen LogP contribution in [0, 0.1) is 0 Å². The quantitative estimate of drug-likeness (QED) is 0.690. The van der Waals surface area contributed by atoms with E-state index in [1.807, 2.05) is 0 Å². The Labute approximate surface area is 135 Å². The van der Waals surface area contributed by atoms with Crippen molar-refractivity contribution in [3.63, 3.8) is 0 Å². The fourth-order valence-corrected chi connectivity index (χ4v) is 2.61. The van der Waals surface area contributed by atoms with Gasteiger partial charge in [0.15, 0.2) is 0 Å². The molecule has 2 amide bonds. The molecule has 3 N–H and O–H groups in total. The summed E-state index contributed by atoms with van der Waals surface area (Å²) in [5.74, 6) is -1.32. The summed E-state index contributed by atoms with van der Waals surface area (Å²) in [6.07, 6.45) is 8.27. The molecule has 0 spiro atoms. The van der Waals surface area contributed by atoms with E-state index in [-0.39, 0.29) is 18.5 Å². The Morgan fingerprint density at radius 3 is 2.61 bits per heavy atom. The van der Waals surface area contributed by atoms with Crippen LogP contribution in [0.4, 0.5) is 11.4 Å². The third-order valence-corrected chi connectivity index (χ3v) is 3.76. The highest BCUT2D eigenvalue weighted by atomic mass is 16.2. The van der Waals surface area contributed by atoms with E-state index in [1.165, 1.54) is 19.5 Å². The monoisotopic (exact) mass is 318 g/mol. The maximum absolute atomic E-state index is 11.9. The molecule has 1 aliphatic rings. The third kappa shape index (κ3) is 5.36. The smallest absolute Gasteiger partial charge is 0.289 e. The van der Waals surface area contributed by atoms with Crippen LogP contribution < -0.4 is 16.0 Å². The predicted molar refractivity (Wildman–Crippen MR) is 87.1 cm³/mol. The van der Waals surface area contributed by atoms with Gasteiger partial charge in [-0.2, -0.15) is 0 Å². The van der Waals surface area contributed by atoms with Gasteiger partial charge in [-0.25, -0.2) is 0 Å². The SMILES string of the molecule is CC(=O)Nc1cnccc1NCC(=O)C(=O)NC1CCCCC1. The van der Waals surface area contributed by atoms with Crippen molar-refractivity contribution < 1.29 is 14.4 Å². The molecule has 1 aliphatic carbocycles. The van der Waals surface area contributed by atoms with E-state index in [2.05, 4.69) is 20.9 Å². The van der Waals surface area contributed by atoms with Crippen LogP contribution in [0.5, 0.6) is 0 Å². The Balaban J connectivity index is 1.86. The zero-order valence-electron chi connectivity index (χ0n) is 13.2. The Morgan fingerprint density at radius 1 is 1.17 bits per heavy atom. The Morgan fingerprint density at radius 2 is 1.91 bits per heavy atom. The molecule has 0 aliphatic heterocycles. The van der Waals surface area contributed by atoms with Crippen molar-refractivity contribution in [1.29, 1.82) is 0 Å². The maximum atomic E-state index is 11.9. The minimum atomic E-state index is -0.556. The third-order valence-electron chi connectivity index (χ3n) is 3.76. The number of aromatic nitrogens is 1. The first-order valence-electron chi connectivity index (χ1n) is 7.85. The molecule has 0 unspecified atom stereocenters. The van der Waals surface area contributed by atoms with Gasteiger partial charge in [0.2, 0.25) is 11.7 Å². The van der Waals surface area contributed by atoms with Gasteiger partial charge in [-0.1, -0.05) is 19.3 Å². The molecule has 1 heterocycles. The summed E-state index contributed by atoms with van der Waals surface area (Å²) in [7, 11) is 0. The van der Waals surface area contributed by atoms with Crippen LogP contribution in [0.2, 0.25) is 0 Å². The minimum absolute atomic E-state index is 0.107. The number of nitrogens with zero attached hydrogens (tertiary/aromatic N) is 1. The molecular formula is C16H22N4O3. The summed E-state index contributed by atoms with van der Waals surface area (Å²) in [6, 6.07) is 1.74. The summed E-state index contributed by atoms with van der Waals surface area (Å²) in [4.78, 5) is 38.9. The zero-order chi connectivity index (χ0) is 16.7. The lowest BCUT2D eigenvalue weighted by atomic mass is 9.95. The van der Waals surface area contributed by atoms with Gasteiger partial charge in [-0.15, -0.1) is 0 Å². The molecule has 2 rings (SSSR count). The van der Waals surface area contributed by atoms with Crippen LogP contribution in [-0.4, -0.2) is 35.2 Å². The predicted octanol–water partition coefficient (Wildman–Crippen LogP) is 1.47.